The van der Waals surface area contributed by atoms with Gasteiger partial charge < -0.3 is 11.5 Å². The second-order valence-electron chi connectivity index (χ2n) is 1.72. The molecule has 0 amide bonds. The second kappa shape index (κ2) is 5.46. The van der Waals surface area contributed by atoms with E-state index in [4.69, 9.17) is 11.5 Å². The number of nitrogens with two attached hydrogens (primary N) is 2. The van der Waals surface area contributed by atoms with Crippen LogP contribution in [0.4, 0.5) is 0 Å². The van der Waals surface area contributed by atoms with Crippen LogP contribution in [-0.4, -0.2) is 0 Å². The van der Waals surface area contributed by atoms with Gasteiger partial charge in [-0.15, -0.1) is 18.5 Å². The summed E-state index contributed by atoms with van der Waals surface area (Å²) in [6.45, 7) is 0. The molecule has 0 aromatic carbocycles. The zero-order valence-electron chi connectivity index (χ0n) is 5.62. The van der Waals surface area contributed by atoms with Crippen LogP contribution in [0, 0.1) is 0 Å². The molecule has 0 saturated heterocycles. The lowest BCUT2D eigenvalue weighted by atomic mass is 10.4. The van der Waals surface area contributed by atoms with Gasteiger partial charge in [-0.05, 0) is 11.1 Å². The first kappa shape index (κ1) is 9.68. The topological polar surface area (TPSA) is 52.0 Å². The molecule has 2 atom stereocenters. The Balaban J connectivity index is 3.80. The van der Waals surface area contributed by atoms with Crippen LogP contribution in [0.2, 0.25) is 0 Å². The second-order valence-corrected chi connectivity index (χ2v) is 3.72. The van der Waals surface area contributed by atoms with Crippen molar-refractivity contribution in [1.29, 1.82) is 0 Å². The highest BCUT2D eigenvalue weighted by molar-refractivity contribution is 7.45. The third-order valence-electron chi connectivity index (χ3n) is 0.688. The minimum Gasteiger partial charge on any atom is -0.386 e. The zero-order valence-corrected chi connectivity index (χ0v) is 7.93. The Morgan fingerprint density at radius 2 is 1.50 bits per heavy atom. The number of rotatable bonds is 2. The quantitative estimate of drug-likeness (QED) is 0.482. The van der Waals surface area contributed by atoms with Gasteiger partial charge in [0.1, 0.15) is 0 Å². The molecule has 0 radical (unpaired) electrons. The van der Waals surface area contributed by atoms with E-state index in [1.165, 1.54) is 0 Å². The third kappa shape index (κ3) is 7.68. The van der Waals surface area contributed by atoms with E-state index in [9.17, 15) is 0 Å². The van der Waals surface area contributed by atoms with Crippen molar-refractivity contribution in [3.63, 3.8) is 0 Å². The fourth-order valence-corrected chi connectivity index (χ4v) is 0.556. The molecule has 0 aliphatic heterocycles. The van der Waals surface area contributed by atoms with Crippen molar-refractivity contribution in [2.24, 2.45) is 11.5 Å². The van der Waals surface area contributed by atoms with Gasteiger partial charge in [0.2, 0.25) is 0 Å². The van der Waals surface area contributed by atoms with Gasteiger partial charge in [-0.25, -0.2) is 0 Å². The molecule has 10 heavy (non-hydrogen) atoms. The Kier molecular flexibility index (Phi) is 5.29. The molecule has 0 aliphatic carbocycles. The summed E-state index contributed by atoms with van der Waals surface area (Å²) < 4.78 is 0. The molecule has 0 aliphatic rings. The van der Waals surface area contributed by atoms with Crippen LogP contribution in [0.1, 0.15) is 0 Å². The molecule has 0 aromatic heterocycles. The molecule has 0 heterocycles. The molecule has 0 fully saturated rings. The van der Waals surface area contributed by atoms with Crippen LogP contribution in [0.3, 0.4) is 0 Å². The molecule has 2 nitrogen and oxygen atoms in total. The Morgan fingerprint density at radius 1 is 1.00 bits per heavy atom. The van der Waals surface area contributed by atoms with E-state index in [1.807, 2.05) is 12.2 Å². The van der Waals surface area contributed by atoms with Gasteiger partial charge in [0.25, 0.3) is 0 Å². The Bertz CT molecular complexity index is 154. The van der Waals surface area contributed by atoms with Gasteiger partial charge in [-0.2, -0.15) is 0 Å². The summed E-state index contributed by atoms with van der Waals surface area (Å²) in [5.74, 6) is 0.318. The molecule has 4 heteroatoms. The van der Waals surface area contributed by atoms with E-state index < -0.39 is 0 Å². The van der Waals surface area contributed by atoms with Gasteiger partial charge in [0.15, 0.2) is 0 Å². The molecule has 4 N–H and O–H groups in total. The van der Waals surface area contributed by atoms with Gasteiger partial charge in [0.05, 0.1) is 5.82 Å². The number of hydrogen-bond acceptors (Lipinski definition) is 2. The Morgan fingerprint density at radius 3 is 1.90 bits per heavy atom. The minimum absolute atomic E-state index is 0.318. The van der Waals surface area contributed by atoms with Crippen LogP contribution in [0.15, 0.2) is 35.2 Å². The Hall–Kier alpha value is -0.320. The SMILES string of the molecule is NC(N)=CC=CC=C(P)P. The summed E-state index contributed by atoms with van der Waals surface area (Å²) in [5, 5.41) is 1.08. The van der Waals surface area contributed by atoms with Crippen molar-refractivity contribution in [3.05, 3.63) is 35.2 Å². The number of allylic oxidation sites excluding steroid dienone is 4. The number of hydrogen-bond donors (Lipinski definition) is 2. The summed E-state index contributed by atoms with van der Waals surface area (Å²) in [7, 11) is 5.08. The van der Waals surface area contributed by atoms with E-state index in [1.54, 1.807) is 12.2 Å². The van der Waals surface area contributed by atoms with Crippen molar-refractivity contribution in [1.82, 2.24) is 0 Å². The van der Waals surface area contributed by atoms with E-state index in [-0.39, 0.29) is 0 Å². The average molecular weight is 174 g/mol. The smallest absolute Gasteiger partial charge is 0.0933 e. The Labute approximate surface area is 65.8 Å². The molecule has 0 aromatic rings. The van der Waals surface area contributed by atoms with Crippen LogP contribution in [0.25, 0.3) is 0 Å². The van der Waals surface area contributed by atoms with Gasteiger partial charge in [0, 0.05) is 0 Å². The van der Waals surface area contributed by atoms with Crippen molar-refractivity contribution in [3.8, 4) is 0 Å². The molecule has 0 rings (SSSR count). The maximum Gasteiger partial charge on any atom is 0.0933 e. The van der Waals surface area contributed by atoms with E-state index in [0.717, 1.165) is 5.06 Å². The largest absolute Gasteiger partial charge is 0.386 e. The summed E-state index contributed by atoms with van der Waals surface area (Å²) in [6.07, 6.45) is 7.18. The highest BCUT2D eigenvalue weighted by Crippen LogP contribution is 2.12. The first-order chi connectivity index (χ1) is 4.63. The van der Waals surface area contributed by atoms with Crippen molar-refractivity contribution < 1.29 is 0 Å². The van der Waals surface area contributed by atoms with Crippen LogP contribution in [0.5, 0.6) is 0 Å². The molecular formula is C6H12N2P2. The normalized spacial score (nSPS) is 9.40. The first-order valence-electron chi connectivity index (χ1n) is 2.73. The molecule has 2 unspecified atom stereocenters. The maximum absolute atomic E-state index is 5.17. The van der Waals surface area contributed by atoms with Crippen molar-refractivity contribution in [2.45, 2.75) is 0 Å². The highest BCUT2D eigenvalue weighted by Gasteiger charge is 1.71. The maximum atomic E-state index is 5.17. The monoisotopic (exact) mass is 174 g/mol. The lowest BCUT2D eigenvalue weighted by molar-refractivity contribution is 1.25. The summed E-state index contributed by atoms with van der Waals surface area (Å²) in [5.41, 5.74) is 10.3. The van der Waals surface area contributed by atoms with Crippen molar-refractivity contribution >= 4 is 18.5 Å². The third-order valence-corrected chi connectivity index (χ3v) is 1.07. The van der Waals surface area contributed by atoms with Gasteiger partial charge in [-0.3, -0.25) is 0 Å². The predicted molar refractivity (Wildman–Crippen MR) is 53.1 cm³/mol. The van der Waals surface area contributed by atoms with E-state index in [0.29, 0.717) is 5.82 Å². The minimum atomic E-state index is 0.318. The molecular weight excluding hydrogens is 162 g/mol. The fraction of sp³-hybridized carbons (Fsp3) is 0. The summed E-state index contributed by atoms with van der Waals surface area (Å²) >= 11 is 0. The predicted octanol–water partition coefficient (Wildman–Crippen LogP) is 0.893. The lowest BCUT2D eigenvalue weighted by Gasteiger charge is -1.83. The first-order valence-corrected chi connectivity index (χ1v) is 3.89. The van der Waals surface area contributed by atoms with Crippen LogP contribution in [-0.2, 0) is 0 Å². The standard InChI is InChI=1S/C6H12N2P2/c7-5(8)3-1-2-4-6(9)10/h1-4H,7-10H2. The van der Waals surface area contributed by atoms with Crippen LogP contribution >= 0.6 is 18.5 Å². The van der Waals surface area contributed by atoms with E-state index in [2.05, 4.69) is 18.5 Å². The molecule has 0 saturated carbocycles. The zero-order chi connectivity index (χ0) is 7.98. The van der Waals surface area contributed by atoms with E-state index >= 15 is 0 Å². The van der Waals surface area contributed by atoms with Crippen LogP contribution < -0.4 is 11.5 Å². The molecule has 0 spiro atoms. The van der Waals surface area contributed by atoms with Gasteiger partial charge in [-0.1, -0.05) is 18.2 Å². The highest BCUT2D eigenvalue weighted by atomic mass is 31.1. The van der Waals surface area contributed by atoms with Crippen molar-refractivity contribution in [2.75, 3.05) is 0 Å². The fourth-order valence-electron chi connectivity index (χ4n) is 0.333. The lowest BCUT2D eigenvalue weighted by Crippen LogP contribution is -2.06. The summed E-state index contributed by atoms with van der Waals surface area (Å²) in [6, 6.07) is 0. The average Bonchev–Trinajstić information content (AvgIpc) is 1.79. The molecule has 56 valence electrons. The van der Waals surface area contributed by atoms with Gasteiger partial charge >= 0.3 is 0 Å². The molecule has 0 bridgehead atoms. The summed E-state index contributed by atoms with van der Waals surface area (Å²) in [4.78, 5) is 0.